The zero-order chi connectivity index (χ0) is 19.3. The number of nitrogen functional groups attached to an aromatic ring is 1. The molecule has 3 aromatic rings. The van der Waals surface area contributed by atoms with E-state index >= 15 is 0 Å². The van der Waals surface area contributed by atoms with Crippen LogP contribution in [0.25, 0.3) is 10.9 Å². The van der Waals surface area contributed by atoms with E-state index in [0.717, 1.165) is 32.8 Å². The van der Waals surface area contributed by atoms with Crippen LogP contribution in [0.1, 0.15) is 0 Å². The fraction of sp³-hybridized carbons (Fsp3) is 0.300. The summed E-state index contributed by atoms with van der Waals surface area (Å²) in [5.41, 5.74) is 6.57. The topological polar surface area (TPSA) is 82.7 Å². The van der Waals surface area contributed by atoms with Gasteiger partial charge in [0, 0.05) is 49.8 Å². The average Bonchev–Trinajstić information content (AvgIpc) is 2.71. The summed E-state index contributed by atoms with van der Waals surface area (Å²) in [5, 5.41) is 0.666. The molecule has 3 heterocycles. The molecule has 0 aliphatic carbocycles. The highest BCUT2D eigenvalue weighted by Crippen LogP contribution is 2.31. The Balaban J connectivity index is 1.46. The average molecular weight is 384 g/mol. The van der Waals surface area contributed by atoms with Gasteiger partial charge in [0.1, 0.15) is 12.4 Å². The van der Waals surface area contributed by atoms with Crippen molar-refractivity contribution < 1.29 is 18.6 Å². The van der Waals surface area contributed by atoms with E-state index in [2.05, 4.69) is 14.9 Å². The quantitative estimate of drug-likeness (QED) is 0.654. The van der Waals surface area contributed by atoms with E-state index in [-0.39, 0.29) is 5.75 Å². The first kappa shape index (κ1) is 18.4. The van der Waals surface area contributed by atoms with Crippen LogP contribution in [0.3, 0.4) is 0 Å². The third-order valence-corrected chi connectivity index (χ3v) is 4.50. The van der Waals surface area contributed by atoms with Crippen LogP contribution in [0.5, 0.6) is 17.4 Å². The van der Waals surface area contributed by atoms with Crippen LogP contribution >= 0.6 is 0 Å². The van der Waals surface area contributed by atoms with Gasteiger partial charge >= 0.3 is 0 Å². The molecule has 0 bridgehead atoms. The van der Waals surface area contributed by atoms with Crippen LogP contribution in [0.2, 0.25) is 0 Å². The molecule has 1 aromatic carbocycles. The monoisotopic (exact) mass is 384 g/mol. The first-order valence-electron chi connectivity index (χ1n) is 9.09. The minimum atomic E-state index is -0.527. The molecule has 1 aliphatic rings. The van der Waals surface area contributed by atoms with Crippen molar-refractivity contribution >= 4 is 16.6 Å². The second-order valence-electron chi connectivity index (χ2n) is 6.44. The Labute approximate surface area is 161 Å². The van der Waals surface area contributed by atoms with E-state index in [9.17, 15) is 4.39 Å². The number of hydrogen-bond donors (Lipinski definition) is 1. The summed E-state index contributed by atoms with van der Waals surface area (Å²) < 4.78 is 30.8. The number of hydrogen-bond acceptors (Lipinski definition) is 7. The maximum atomic E-state index is 14.0. The number of nitrogens with zero attached hydrogens (tertiary/aromatic N) is 3. The van der Waals surface area contributed by atoms with Gasteiger partial charge in [-0.3, -0.25) is 9.88 Å². The molecule has 1 saturated heterocycles. The molecule has 0 atom stereocenters. The van der Waals surface area contributed by atoms with Crippen LogP contribution in [-0.4, -0.2) is 54.3 Å². The van der Waals surface area contributed by atoms with Crippen LogP contribution in [0.4, 0.5) is 10.1 Å². The van der Waals surface area contributed by atoms with E-state index in [1.165, 1.54) is 12.1 Å². The van der Waals surface area contributed by atoms with Crippen LogP contribution in [0.15, 0.2) is 42.7 Å². The third kappa shape index (κ3) is 4.29. The van der Waals surface area contributed by atoms with Crippen molar-refractivity contribution in [2.45, 2.75) is 0 Å². The summed E-state index contributed by atoms with van der Waals surface area (Å²) in [4.78, 5) is 11.0. The number of morpholine rings is 1. The van der Waals surface area contributed by atoms with Crippen molar-refractivity contribution in [1.29, 1.82) is 0 Å². The van der Waals surface area contributed by atoms with Gasteiger partial charge in [0.05, 0.1) is 24.1 Å². The molecule has 0 radical (unpaired) electrons. The Bertz CT molecular complexity index is 963. The minimum Gasteiger partial charge on any atom is -0.476 e. The van der Waals surface area contributed by atoms with Crippen molar-refractivity contribution in [3.05, 3.63) is 48.5 Å². The molecular formula is C20H21FN4O3. The highest BCUT2D eigenvalue weighted by atomic mass is 19.1. The number of fused-ring (bicyclic) bond motifs is 1. The molecule has 7 nitrogen and oxygen atoms in total. The van der Waals surface area contributed by atoms with Crippen molar-refractivity contribution in [2.24, 2.45) is 0 Å². The number of anilines is 1. The van der Waals surface area contributed by atoms with Gasteiger partial charge < -0.3 is 19.9 Å². The van der Waals surface area contributed by atoms with Crippen molar-refractivity contribution in [3.8, 4) is 17.4 Å². The maximum Gasteiger partial charge on any atom is 0.215 e. The van der Waals surface area contributed by atoms with Gasteiger partial charge in [-0.1, -0.05) is 0 Å². The predicted octanol–water partition coefficient (Wildman–Crippen LogP) is 2.85. The van der Waals surface area contributed by atoms with Crippen molar-refractivity contribution in [3.63, 3.8) is 0 Å². The van der Waals surface area contributed by atoms with Crippen LogP contribution < -0.4 is 15.2 Å². The molecule has 1 aliphatic heterocycles. The Morgan fingerprint density at radius 1 is 1.11 bits per heavy atom. The van der Waals surface area contributed by atoms with Crippen molar-refractivity contribution in [1.82, 2.24) is 14.9 Å². The number of pyridine rings is 2. The summed E-state index contributed by atoms with van der Waals surface area (Å²) >= 11 is 0. The summed E-state index contributed by atoms with van der Waals surface area (Å²) in [7, 11) is 0. The lowest BCUT2D eigenvalue weighted by atomic mass is 10.2. The lowest BCUT2D eigenvalue weighted by Gasteiger charge is -2.26. The Kier molecular flexibility index (Phi) is 5.50. The van der Waals surface area contributed by atoms with Gasteiger partial charge in [0.25, 0.3) is 0 Å². The van der Waals surface area contributed by atoms with Crippen LogP contribution in [0, 0.1) is 5.82 Å². The normalized spacial score (nSPS) is 14.9. The second-order valence-corrected chi connectivity index (χ2v) is 6.44. The zero-order valence-corrected chi connectivity index (χ0v) is 15.3. The van der Waals surface area contributed by atoms with Gasteiger partial charge in [0.2, 0.25) is 5.88 Å². The highest BCUT2D eigenvalue weighted by molar-refractivity contribution is 5.85. The molecule has 0 spiro atoms. The number of ether oxygens (including phenoxy) is 3. The molecular weight excluding hydrogens is 363 g/mol. The fourth-order valence-corrected chi connectivity index (χ4v) is 2.99. The summed E-state index contributed by atoms with van der Waals surface area (Å²) in [6.45, 7) is 4.70. The van der Waals surface area contributed by atoms with Gasteiger partial charge in [0.15, 0.2) is 11.6 Å². The van der Waals surface area contributed by atoms with Gasteiger partial charge in [-0.2, -0.15) is 0 Å². The summed E-state index contributed by atoms with van der Waals surface area (Å²) in [5.74, 6) is 0.513. The molecule has 4 rings (SSSR count). The van der Waals surface area contributed by atoms with Crippen LogP contribution in [-0.2, 0) is 4.74 Å². The summed E-state index contributed by atoms with van der Waals surface area (Å²) in [6.07, 6.45) is 3.22. The van der Waals surface area contributed by atoms with E-state index < -0.39 is 5.82 Å². The molecule has 0 unspecified atom stereocenters. The first-order valence-corrected chi connectivity index (χ1v) is 9.09. The van der Waals surface area contributed by atoms with E-state index in [1.807, 2.05) is 0 Å². The molecule has 1 fully saturated rings. The lowest BCUT2D eigenvalue weighted by Crippen LogP contribution is -2.38. The molecule has 2 aromatic heterocycles. The Morgan fingerprint density at radius 2 is 1.96 bits per heavy atom. The number of halogens is 1. The van der Waals surface area contributed by atoms with Gasteiger partial charge in [-0.05, 0) is 18.2 Å². The summed E-state index contributed by atoms with van der Waals surface area (Å²) in [6, 6.07) is 7.71. The highest BCUT2D eigenvalue weighted by Gasteiger charge is 2.12. The number of nitrogens with two attached hydrogens (primary N) is 1. The van der Waals surface area contributed by atoms with E-state index in [4.69, 9.17) is 19.9 Å². The zero-order valence-electron chi connectivity index (χ0n) is 15.3. The standard InChI is InChI=1S/C20H21FN4O3/c21-16-11-14(22)1-2-19(16)28-18-3-4-23-17-12-20(24-13-15(17)18)27-10-7-25-5-8-26-9-6-25/h1-4,11-13H,5-10,22H2. The lowest BCUT2D eigenvalue weighted by molar-refractivity contribution is 0.0320. The second kappa shape index (κ2) is 8.37. The van der Waals surface area contributed by atoms with Gasteiger partial charge in [-0.15, -0.1) is 0 Å². The van der Waals surface area contributed by atoms with E-state index in [1.54, 1.807) is 30.6 Å². The SMILES string of the molecule is Nc1ccc(Oc2ccnc3cc(OCCN4CCOCC4)ncc23)c(F)c1. The number of aromatic nitrogens is 2. The molecule has 8 heteroatoms. The molecule has 28 heavy (non-hydrogen) atoms. The molecule has 0 saturated carbocycles. The Hall–Kier alpha value is -2.97. The fourth-order valence-electron chi connectivity index (χ4n) is 2.99. The maximum absolute atomic E-state index is 14.0. The first-order chi connectivity index (χ1) is 13.7. The predicted molar refractivity (Wildman–Crippen MR) is 103 cm³/mol. The largest absolute Gasteiger partial charge is 0.476 e. The number of rotatable bonds is 6. The van der Waals surface area contributed by atoms with E-state index in [0.29, 0.717) is 34.8 Å². The third-order valence-electron chi connectivity index (χ3n) is 4.50. The molecule has 2 N–H and O–H groups in total. The molecule has 0 amide bonds. The van der Waals surface area contributed by atoms with Crippen molar-refractivity contribution in [2.75, 3.05) is 45.2 Å². The van der Waals surface area contributed by atoms with Gasteiger partial charge in [-0.25, -0.2) is 9.37 Å². The smallest absolute Gasteiger partial charge is 0.215 e. The number of benzene rings is 1. The minimum absolute atomic E-state index is 0.0903. The molecule has 146 valence electrons. The Morgan fingerprint density at radius 3 is 2.79 bits per heavy atom.